The summed E-state index contributed by atoms with van der Waals surface area (Å²) in [6.45, 7) is 2.22. The first-order chi connectivity index (χ1) is 9.27. The average Bonchev–Trinajstić information content (AvgIpc) is 3.28. The van der Waals surface area contributed by atoms with Crippen LogP contribution in [-0.2, 0) is 5.60 Å². The third kappa shape index (κ3) is 3.85. The SMILES string of the molecule is CCCCCCC#CC(O)(c1ccccc1)C1CC1. The molecule has 0 aromatic heterocycles. The van der Waals surface area contributed by atoms with Gasteiger partial charge in [0.15, 0.2) is 5.60 Å². The number of hydrogen-bond donors (Lipinski definition) is 1. The predicted octanol–water partition coefficient (Wildman–Crippen LogP) is 4.26. The van der Waals surface area contributed by atoms with Gasteiger partial charge in [-0.25, -0.2) is 0 Å². The number of rotatable bonds is 6. The van der Waals surface area contributed by atoms with Gasteiger partial charge in [0.25, 0.3) is 0 Å². The van der Waals surface area contributed by atoms with E-state index in [0.717, 1.165) is 31.2 Å². The number of aliphatic hydroxyl groups is 1. The molecule has 0 spiro atoms. The number of unbranched alkanes of at least 4 members (excludes halogenated alkanes) is 4. The molecule has 1 heteroatoms. The zero-order valence-electron chi connectivity index (χ0n) is 11.9. The van der Waals surface area contributed by atoms with Crippen LogP contribution in [0, 0.1) is 17.8 Å². The zero-order valence-corrected chi connectivity index (χ0v) is 11.9. The lowest BCUT2D eigenvalue weighted by Gasteiger charge is -2.22. The Morgan fingerprint density at radius 1 is 1.16 bits per heavy atom. The summed E-state index contributed by atoms with van der Waals surface area (Å²) in [4.78, 5) is 0. The van der Waals surface area contributed by atoms with E-state index in [1.54, 1.807) is 0 Å². The molecule has 0 heterocycles. The maximum Gasteiger partial charge on any atom is 0.153 e. The molecule has 1 aromatic carbocycles. The molecule has 1 nitrogen and oxygen atoms in total. The van der Waals surface area contributed by atoms with Crippen LogP contribution in [0.1, 0.15) is 57.4 Å². The topological polar surface area (TPSA) is 20.2 Å². The maximum absolute atomic E-state index is 10.9. The second-order valence-corrected chi connectivity index (χ2v) is 5.52. The highest BCUT2D eigenvalue weighted by Gasteiger charge is 2.43. The maximum atomic E-state index is 10.9. The molecule has 19 heavy (non-hydrogen) atoms. The van der Waals surface area contributed by atoms with Crippen molar-refractivity contribution < 1.29 is 5.11 Å². The Morgan fingerprint density at radius 2 is 1.89 bits per heavy atom. The van der Waals surface area contributed by atoms with E-state index in [1.807, 2.05) is 30.3 Å². The molecule has 1 fully saturated rings. The van der Waals surface area contributed by atoms with Gasteiger partial charge in [-0.15, -0.1) is 0 Å². The first-order valence-corrected chi connectivity index (χ1v) is 7.55. The summed E-state index contributed by atoms with van der Waals surface area (Å²) in [6.07, 6.45) is 8.03. The van der Waals surface area contributed by atoms with Gasteiger partial charge >= 0.3 is 0 Å². The van der Waals surface area contributed by atoms with Gasteiger partial charge in [-0.1, -0.05) is 68.4 Å². The number of hydrogen-bond acceptors (Lipinski definition) is 1. The average molecular weight is 256 g/mol. The van der Waals surface area contributed by atoms with E-state index >= 15 is 0 Å². The van der Waals surface area contributed by atoms with Crippen LogP contribution < -0.4 is 0 Å². The van der Waals surface area contributed by atoms with Gasteiger partial charge in [0.2, 0.25) is 0 Å². The third-order valence-electron chi connectivity index (χ3n) is 3.82. The van der Waals surface area contributed by atoms with Crippen LogP contribution in [0.15, 0.2) is 30.3 Å². The van der Waals surface area contributed by atoms with E-state index in [2.05, 4.69) is 18.8 Å². The predicted molar refractivity (Wildman–Crippen MR) is 79.6 cm³/mol. The summed E-state index contributed by atoms with van der Waals surface area (Å²) in [5.74, 6) is 6.69. The molecule has 1 unspecified atom stereocenters. The van der Waals surface area contributed by atoms with Gasteiger partial charge < -0.3 is 5.11 Å². The quantitative estimate of drug-likeness (QED) is 0.595. The number of benzene rings is 1. The fraction of sp³-hybridized carbons (Fsp3) is 0.556. The Kier molecular flexibility index (Phi) is 5.05. The highest BCUT2D eigenvalue weighted by Crippen LogP contribution is 2.45. The van der Waals surface area contributed by atoms with Crippen LogP contribution >= 0.6 is 0 Å². The summed E-state index contributed by atoms with van der Waals surface area (Å²) >= 11 is 0. The Morgan fingerprint density at radius 3 is 2.53 bits per heavy atom. The molecule has 2 rings (SSSR count). The summed E-state index contributed by atoms with van der Waals surface area (Å²) < 4.78 is 0. The van der Waals surface area contributed by atoms with Crippen molar-refractivity contribution in [2.45, 2.75) is 57.5 Å². The Balaban J connectivity index is 1.99. The van der Waals surface area contributed by atoms with Gasteiger partial charge in [0, 0.05) is 12.3 Å². The van der Waals surface area contributed by atoms with Crippen LogP contribution in [0.25, 0.3) is 0 Å². The Hall–Kier alpha value is -1.26. The van der Waals surface area contributed by atoms with E-state index in [4.69, 9.17) is 0 Å². The summed E-state index contributed by atoms with van der Waals surface area (Å²) in [5.41, 5.74) is 0.0463. The minimum Gasteiger partial charge on any atom is -0.373 e. The molecular formula is C18H24O. The van der Waals surface area contributed by atoms with Crippen molar-refractivity contribution in [3.63, 3.8) is 0 Å². The molecule has 102 valence electrons. The minimum absolute atomic E-state index is 0.332. The van der Waals surface area contributed by atoms with Crippen LogP contribution in [0.3, 0.4) is 0 Å². The molecule has 1 N–H and O–H groups in total. The van der Waals surface area contributed by atoms with E-state index < -0.39 is 5.60 Å². The van der Waals surface area contributed by atoms with Crippen LogP contribution in [0.5, 0.6) is 0 Å². The van der Waals surface area contributed by atoms with Crippen LogP contribution in [0.2, 0.25) is 0 Å². The van der Waals surface area contributed by atoms with Crippen LogP contribution in [0.4, 0.5) is 0 Å². The van der Waals surface area contributed by atoms with Crippen molar-refractivity contribution in [2.24, 2.45) is 5.92 Å². The molecule has 1 saturated carbocycles. The van der Waals surface area contributed by atoms with Crippen molar-refractivity contribution >= 4 is 0 Å². The largest absolute Gasteiger partial charge is 0.373 e. The monoisotopic (exact) mass is 256 g/mol. The van der Waals surface area contributed by atoms with Gasteiger partial charge in [-0.05, 0) is 24.8 Å². The molecule has 0 radical (unpaired) electrons. The van der Waals surface area contributed by atoms with Gasteiger partial charge in [-0.2, -0.15) is 0 Å². The Bertz CT molecular complexity index is 436. The highest BCUT2D eigenvalue weighted by molar-refractivity contribution is 5.34. The second-order valence-electron chi connectivity index (χ2n) is 5.52. The zero-order chi connectivity index (χ0) is 13.6. The molecule has 0 aliphatic heterocycles. The summed E-state index contributed by atoms with van der Waals surface area (Å²) in [6, 6.07) is 9.92. The molecule has 1 aliphatic rings. The molecule has 1 atom stereocenters. The molecule has 1 aromatic rings. The first kappa shape index (κ1) is 14.2. The van der Waals surface area contributed by atoms with Crippen molar-refractivity contribution in [3.05, 3.63) is 35.9 Å². The normalized spacial score (nSPS) is 17.4. The van der Waals surface area contributed by atoms with Gasteiger partial charge in [0.1, 0.15) is 0 Å². The first-order valence-electron chi connectivity index (χ1n) is 7.55. The second kappa shape index (κ2) is 6.78. The van der Waals surface area contributed by atoms with Gasteiger partial charge in [-0.3, -0.25) is 0 Å². The molecule has 0 bridgehead atoms. The smallest absolute Gasteiger partial charge is 0.153 e. The fourth-order valence-corrected chi connectivity index (χ4v) is 2.44. The van der Waals surface area contributed by atoms with Crippen molar-refractivity contribution in [1.82, 2.24) is 0 Å². The van der Waals surface area contributed by atoms with E-state index in [9.17, 15) is 5.11 Å². The third-order valence-corrected chi connectivity index (χ3v) is 3.82. The van der Waals surface area contributed by atoms with E-state index in [0.29, 0.717) is 5.92 Å². The lowest BCUT2D eigenvalue weighted by Crippen LogP contribution is -2.26. The van der Waals surface area contributed by atoms with Crippen molar-refractivity contribution in [2.75, 3.05) is 0 Å². The minimum atomic E-state index is -0.911. The standard InChI is InChI=1S/C18H24O/c1-2-3-4-5-6-10-15-18(19,17-13-14-17)16-11-8-7-9-12-16/h7-9,11-12,17,19H,2-6,13-14H2,1H3. The lowest BCUT2D eigenvalue weighted by molar-refractivity contribution is 0.0756. The molecular weight excluding hydrogens is 232 g/mol. The van der Waals surface area contributed by atoms with E-state index in [-0.39, 0.29) is 0 Å². The fourth-order valence-electron chi connectivity index (χ4n) is 2.44. The Labute approximate surface area is 117 Å². The molecule has 0 amide bonds. The lowest BCUT2D eigenvalue weighted by atomic mass is 9.89. The summed E-state index contributed by atoms with van der Waals surface area (Å²) in [7, 11) is 0. The van der Waals surface area contributed by atoms with Crippen molar-refractivity contribution in [1.29, 1.82) is 0 Å². The molecule has 1 aliphatic carbocycles. The van der Waals surface area contributed by atoms with Crippen LogP contribution in [-0.4, -0.2) is 5.11 Å². The van der Waals surface area contributed by atoms with Gasteiger partial charge in [0.05, 0.1) is 0 Å². The molecule has 0 saturated heterocycles. The highest BCUT2D eigenvalue weighted by atomic mass is 16.3. The van der Waals surface area contributed by atoms with Crippen molar-refractivity contribution in [3.8, 4) is 11.8 Å². The van der Waals surface area contributed by atoms with E-state index in [1.165, 1.54) is 19.3 Å². The summed E-state index contributed by atoms with van der Waals surface area (Å²) in [5, 5.41) is 10.9.